The fourth-order valence-corrected chi connectivity index (χ4v) is 0.963. The first kappa shape index (κ1) is 3.85. The molecule has 2 aromatic rings. The van der Waals surface area contributed by atoms with Crippen molar-refractivity contribution in [3.8, 4) is 11.3 Å². The second-order valence-corrected chi connectivity index (χ2v) is 2.31. The van der Waals surface area contributed by atoms with Crippen molar-refractivity contribution in [3.05, 3.63) is 54.6 Å². The van der Waals surface area contributed by atoms with E-state index in [4.69, 9.17) is 5.48 Å². The highest BCUT2D eigenvalue weighted by Gasteiger charge is 1.93. The molecule has 0 bridgehead atoms. The lowest BCUT2D eigenvalue weighted by atomic mass is 10.1. The van der Waals surface area contributed by atoms with Gasteiger partial charge in [-0.05, 0) is 12.1 Å². The van der Waals surface area contributed by atoms with Gasteiger partial charge >= 0.3 is 0 Å². The van der Waals surface area contributed by atoms with Gasteiger partial charge in [0.2, 0.25) is 0 Å². The number of rotatable bonds is 1. The molecule has 0 unspecified atom stereocenters. The van der Waals surface area contributed by atoms with E-state index in [1.807, 2.05) is 6.07 Å². The first-order valence-electron chi connectivity index (χ1n) is 5.61. The summed E-state index contributed by atoms with van der Waals surface area (Å²) in [7, 11) is 0. The molecule has 0 spiro atoms. The summed E-state index contributed by atoms with van der Waals surface area (Å²) >= 11 is 0. The van der Waals surface area contributed by atoms with Gasteiger partial charge < -0.3 is 0 Å². The van der Waals surface area contributed by atoms with Crippen LogP contribution < -0.4 is 0 Å². The van der Waals surface area contributed by atoms with Gasteiger partial charge in [-0.15, -0.1) is 0 Å². The summed E-state index contributed by atoms with van der Waals surface area (Å²) in [6, 6.07) is 8.33. The maximum absolute atomic E-state index is 7.72. The van der Waals surface area contributed by atoms with Crippen molar-refractivity contribution >= 4 is 0 Å². The quantitative estimate of drug-likeness (QED) is 0.623. The van der Waals surface area contributed by atoms with Gasteiger partial charge in [-0.1, -0.05) is 36.4 Å². The van der Waals surface area contributed by atoms with E-state index in [1.165, 1.54) is 0 Å². The van der Waals surface area contributed by atoms with E-state index in [1.54, 1.807) is 24.3 Å². The van der Waals surface area contributed by atoms with Crippen LogP contribution in [0.4, 0.5) is 0 Å². The van der Waals surface area contributed by atoms with Gasteiger partial charge in [-0.3, -0.25) is 4.98 Å². The van der Waals surface area contributed by atoms with Crippen LogP contribution in [0.2, 0.25) is 0 Å². The normalized spacial score (nSPS) is 14.3. The molecule has 0 saturated carbocycles. The second kappa shape index (κ2) is 3.18. The van der Waals surface area contributed by atoms with Crippen LogP contribution in [0, 0.1) is 0 Å². The predicted molar refractivity (Wildman–Crippen MR) is 49.7 cm³/mol. The molecule has 0 aliphatic carbocycles. The first-order chi connectivity index (χ1) is 7.61. The molecule has 12 heavy (non-hydrogen) atoms. The molecular weight excluding hydrogens is 146 g/mol. The Labute approximate surface area is 77.3 Å². The fourth-order valence-electron chi connectivity index (χ4n) is 0.963. The largest absolute Gasteiger partial charge is 0.256 e. The highest BCUT2D eigenvalue weighted by atomic mass is 14.7. The van der Waals surface area contributed by atoms with Crippen LogP contribution in [0.25, 0.3) is 11.3 Å². The Bertz CT molecular complexity index is 525. The van der Waals surface area contributed by atoms with Gasteiger partial charge in [-0.25, -0.2) is 0 Å². The Balaban J connectivity index is 2.68. The summed E-state index contributed by atoms with van der Waals surface area (Å²) in [5, 5.41) is 0. The molecule has 0 N–H and O–H groups in total. The van der Waals surface area contributed by atoms with E-state index in [9.17, 15) is 0 Å². The van der Waals surface area contributed by atoms with Gasteiger partial charge in [0.1, 0.15) is 0 Å². The standard InChI is InChI=1S/C11H9N/c1-2-6-10(7-3-1)11-8-4-5-9-12-11/h1-9H/i4D,5D,8D,9D. The maximum atomic E-state index is 7.72. The maximum Gasteiger partial charge on any atom is 0.0840 e. The molecule has 58 valence electrons. The lowest BCUT2D eigenvalue weighted by Crippen LogP contribution is -1.79. The van der Waals surface area contributed by atoms with E-state index >= 15 is 0 Å². The molecule has 1 heterocycles. The number of aromatic nitrogens is 1. The van der Waals surface area contributed by atoms with Crippen molar-refractivity contribution in [2.45, 2.75) is 0 Å². The average molecular weight is 159 g/mol. The molecule has 2 rings (SSSR count). The average Bonchev–Trinajstić information content (AvgIpc) is 2.32. The zero-order valence-corrected chi connectivity index (χ0v) is 6.33. The minimum absolute atomic E-state index is 0.104. The van der Waals surface area contributed by atoms with E-state index in [2.05, 4.69) is 4.98 Å². The molecule has 0 radical (unpaired) electrons. The molecule has 1 heteroatoms. The Morgan fingerprint density at radius 1 is 1.08 bits per heavy atom. The van der Waals surface area contributed by atoms with Crippen molar-refractivity contribution in [1.29, 1.82) is 0 Å². The van der Waals surface area contributed by atoms with Gasteiger partial charge in [0.05, 0.1) is 11.2 Å². The lowest BCUT2D eigenvalue weighted by molar-refractivity contribution is 1.33. The highest BCUT2D eigenvalue weighted by Crippen LogP contribution is 2.14. The summed E-state index contributed by atoms with van der Waals surface area (Å²) < 4.78 is 30.1. The summed E-state index contributed by atoms with van der Waals surface area (Å²) in [5.41, 5.74) is 0.973. The molecule has 0 aliphatic heterocycles. The molecule has 1 aromatic heterocycles. The minimum Gasteiger partial charge on any atom is -0.256 e. The monoisotopic (exact) mass is 159 g/mol. The Kier molecular flexibility index (Phi) is 1.02. The van der Waals surface area contributed by atoms with Crippen molar-refractivity contribution in [2.24, 2.45) is 0 Å². The van der Waals surface area contributed by atoms with Crippen molar-refractivity contribution in [3.63, 3.8) is 0 Å². The van der Waals surface area contributed by atoms with Crippen molar-refractivity contribution < 1.29 is 5.48 Å². The Morgan fingerprint density at radius 2 is 1.92 bits per heavy atom. The zero-order valence-electron chi connectivity index (χ0n) is 10.3. The van der Waals surface area contributed by atoms with E-state index in [0.717, 1.165) is 0 Å². The van der Waals surface area contributed by atoms with Crippen molar-refractivity contribution in [1.82, 2.24) is 4.98 Å². The van der Waals surface area contributed by atoms with E-state index < -0.39 is 0 Å². The third kappa shape index (κ3) is 1.35. The van der Waals surface area contributed by atoms with Crippen LogP contribution in [-0.4, -0.2) is 4.98 Å². The Morgan fingerprint density at radius 3 is 2.75 bits per heavy atom. The summed E-state index contributed by atoms with van der Waals surface area (Å²) in [6.07, 6.45) is -0.264. The molecule has 0 atom stereocenters. The SMILES string of the molecule is [2H]c1nc(-c2ccccc2)c([2H])c([2H])c1[2H]. The summed E-state index contributed by atoms with van der Waals surface area (Å²) in [5.74, 6) is 0. The zero-order chi connectivity index (χ0) is 11.7. The molecule has 0 saturated heterocycles. The number of benzene rings is 1. The van der Waals surface area contributed by atoms with Gasteiger partial charge in [0.25, 0.3) is 0 Å². The third-order valence-corrected chi connectivity index (χ3v) is 1.51. The smallest absolute Gasteiger partial charge is 0.0840 e. The van der Waals surface area contributed by atoms with Crippen LogP contribution in [0.5, 0.6) is 0 Å². The van der Waals surface area contributed by atoms with Crippen LogP contribution in [0.3, 0.4) is 0 Å². The molecule has 1 aromatic carbocycles. The molecule has 0 aliphatic rings. The summed E-state index contributed by atoms with van der Waals surface area (Å²) in [4.78, 5) is 3.88. The Hall–Kier alpha value is -1.63. The third-order valence-electron chi connectivity index (χ3n) is 1.51. The van der Waals surface area contributed by atoms with Crippen LogP contribution >= 0.6 is 0 Å². The van der Waals surface area contributed by atoms with Crippen LogP contribution in [0.1, 0.15) is 5.48 Å². The molecule has 1 nitrogen and oxygen atoms in total. The van der Waals surface area contributed by atoms with Gasteiger partial charge in [-0.2, -0.15) is 0 Å². The molecule has 0 amide bonds. The number of nitrogens with zero attached hydrogens (tertiary/aromatic N) is 1. The van der Waals surface area contributed by atoms with Crippen LogP contribution in [-0.2, 0) is 0 Å². The fraction of sp³-hybridized carbons (Fsp3) is 0. The van der Waals surface area contributed by atoms with Gasteiger partial charge in [0, 0.05) is 11.7 Å². The second-order valence-electron chi connectivity index (χ2n) is 2.31. The number of hydrogen-bond acceptors (Lipinski definition) is 1. The summed E-state index contributed by atoms with van der Waals surface area (Å²) in [6.45, 7) is 0. The van der Waals surface area contributed by atoms with Crippen molar-refractivity contribution in [2.75, 3.05) is 0 Å². The van der Waals surface area contributed by atoms with E-state index in [0.29, 0.717) is 5.56 Å². The van der Waals surface area contributed by atoms with E-state index in [-0.39, 0.29) is 30.0 Å². The molecular formula is C11H9N. The predicted octanol–water partition coefficient (Wildman–Crippen LogP) is 2.75. The van der Waals surface area contributed by atoms with Gasteiger partial charge in [0.15, 0.2) is 0 Å². The topological polar surface area (TPSA) is 12.9 Å². The minimum atomic E-state index is -0.301. The number of hydrogen-bond donors (Lipinski definition) is 0. The lowest BCUT2D eigenvalue weighted by Gasteiger charge is -1.97. The van der Waals surface area contributed by atoms with Crippen LogP contribution in [0.15, 0.2) is 54.6 Å². The highest BCUT2D eigenvalue weighted by molar-refractivity contribution is 5.58. The first-order valence-corrected chi connectivity index (χ1v) is 3.61. The number of pyridine rings is 1. The molecule has 0 fully saturated rings.